The highest BCUT2D eigenvalue weighted by Crippen LogP contribution is 2.20. The van der Waals surface area contributed by atoms with Crippen molar-refractivity contribution in [1.82, 2.24) is 9.78 Å². The Kier molecular flexibility index (Phi) is 6.70. The fraction of sp³-hybridized carbons (Fsp3) is 0.750. The third-order valence-corrected chi connectivity index (χ3v) is 2.60. The maximum absolute atomic E-state index is 5.67. The molecule has 1 aromatic heterocycles. The van der Waals surface area contributed by atoms with Gasteiger partial charge in [0.15, 0.2) is 0 Å². The zero-order chi connectivity index (χ0) is 13.4. The van der Waals surface area contributed by atoms with Crippen molar-refractivity contribution in [3.8, 4) is 5.88 Å². The molecule has 1 heterocycles. The molecule has 6 heteroatoms. The average Bonchev–Trinajstić information content (AvgIpc) is 2.62. The quantitative estimate of drug-likeness (QED) is 0.657. The molecule has 18 heavy (non-hydrogen) atoms. The number of nitrogens with zero attached hydrogens (tertiary/aromatic N) is 2. The molecule has 104 valence electrons. The van der Waals surface area contributed by atoms with E-state index in [0.717, 1.165) is 30.2 Å². The van der Waals surface area contributed by atoms with Gasteiger partial charge >= 0.3 is 0 Å². The second-order valence-electron chi connectivity index (χ2n) is 4.00. The fourth-order valence-electron chi connectivity index (χ4n) is 1.70. The number of hydrogen-bond donors (Lipinski definition) is 1. The van der Waals surface area contributed by atoms with Crippen molar-refractivity contribution in [2.24, 2.45) is 12.8 Å². The molecule has 0 amide bonds. The molecule has 2 N–H and O–H groups in total. The Morgan fingerprint density at radius 1 is 1.22 bits per heavy atom. The van der Waals surface area contributed by atoms with Gasteiger partial charge in [0.05, 0.1) is 17.9 Å². The van der Waals surface area contributed by atoms with Crippen LogP contribution in [0.4, 0.5) is 0 Å². The maximum Gasteiger partial charge on any atom is 0.216 e. The van der Waals surface area contributed by atoms with Gasteiger partial charge in [-0.15, -0.1) is 0 Å². The number of rotatable bonds is 9. The normalized spacial score (nSPS) is 10.9. The molecule has 0 aliphatic carbocycles. The second kappa shape index (κ2) is 8.07. The van der Waals surface area contributed by atoms with Crippen molar-refractivity contribution in [3.63, 3.8) is 0 Å². The van der Waals surface area contributed by atoms with Gasteiger partial charge in [0, 0.05) is 33.9 Å². The van der Waals surface area contributed by atoms with Gasteiger partial charge in [-0.3, -0.25) is 0 Å². The first-order valence-electron chi connectivity index (χ1n) is 6.12. The van der Waals surface area contributed by atoms with Crippen LogP contribution >= 0.6 is 0 Å². The highest BCUT2D eigenvalue weighted by atomic mass is 16.5. The molecule has 0 aromatic carbocycles. The van der Waals surface area contributed by atoms with Gasteiger partial charge in [-0.25, -0.2) is 4.68 Å². The van der Waals surface area contributed by atoms with Crippen molar-refractivity contribution >= 4 is 0 Å². The van der Waals surface area contributed by atoms with Crippen molar-refractivity contribution in [2.75, 3.05) is 33.5 Å². The summed E-state index contributed by atoms with van der Waals surface area (Å²) in [5, 5.41) is 4.28. The van der Waals surface area contributed by atoms with Gasteiger partial charge in [-0.2, -0.15) is 5.10 Å². The Bertz CT molecular complexity index is 353. The smallest absolute Gasteiger partial charge is 0.216 e. The zero-order valence-electron chi connectivity index (χ0n) is 11.4. The number of methoxy groups -OCH3 is 1. The standard InChI is InChI=1S/C12H23N3O3/c1-10-11(9-13)12(15(2)14-10)18-8-7-17-6-4-5-16-3/h4-9,13H2,1-3H3. The maximum atomic E-state index is 5.67. The zero-order valence-corrected chi connectivity index (χ0v) is 11.4. The number of aromatic nitrogens is 2. The van der Waals surface area contributed by atoms with Gasteiger partial charge in [0.1, 0.15) is 6.61 Å². The van der Waals surface area contributed by atoms with Crippen LogP contribution < -0.4 is 10.5 Å². The van der Waals surface area contributed by atoms with Gasteiger partial charge in [-0.1, -0.05) is 0 Å². The van der Waals surface area contributed by atoms with Gasteiger partial charge < -0.3 is 19.9 Å². The lowest BCUT2D eigenvalue weighted by Crippen LogP contribution is -2.12. The third-order valence-electron chi connectivity index (χ3n) is 2.60. The first-order chi connectivity index (χ1) is 8.70. The molecule has 1 rings (SSSR count). The Balaban J connectivity index is 2.27. The van der Waals surface area contributed by atoms with E-state index >= 15 is 0 Å². The van der Waals surface area contributed by atoms with Gasteiger partial charge in [0.25, 0.3) is 0 Å². The topological polar surface area (TPSA) is 71.5 Å². The molecule has 0 radical (unpaired) electrons. The third kappa shape index (κ3) is 4.29. The fourth-order valence-corrected chi connectivity index (χ4v) is 1.70. The number of aryl methyl sites for hydroxylation is 2. The van der Waals surface area contributed by atoms with E-state index < -0.39 is 0 Å². The van der Waals surface area contributed by atoms with E-state index in [1.165, 1.54) is 0 Å². The van der Waals surface area contributed by atoms with E-state index in [-0.39, 0.29) is 0 Å². The van der Waals surface area contributed by atoms with Crippen LogP contribution in [0.15, 0.2) is 0 Å². The predicted octanol–water partition coefficient (Wildman–Crippen LogP) is 0.619. The highest BCUT2D eigenvalue weighted by Gasteiger charge is 2.12. The first kappa shape index (κ1) is 14.9. The summed E-state index contributed by atoms with van der Waals surface area (Å²) < 4.78 is 17.7. The minimum atomic E-state index is 0.434. The van der Waals surface area contributed by atoms with E-state index in [2.05, 4.69) is 5.10 Å². The molecule has 0 aliphatic heterocycles. The van der Waals surface area contributed by atoms with Gasteiger partial charge in [0.2, 0.25) is 5.88 Å². The second-order valence-corrected chi connectivity index (χ2v) is 4.00. The first-order valence-corrected chi connectivity index (χ1v) is 6.12. The van der Waals surface area contributed by atoms with E-state index in [9.17, 15) is 0 Å². The van der Waals surface area contributed by atoms with Crippen molar-refractivity contribution in [1.29, 1.82) is 0 Å². The minimum absolute atomic E-state index is 0.434. The lowest BCUT2D eigenvalue weighted by molar-refractivity contribution is 0.0782. The van der Waals surface area contributed by atoms with E-state index in [4.69, 9.17) is 19.9 Å². The van der Waals surface area contributed by atoms with E-state index in [1.54, 1.807) is 11.8 Å². The van der Waals surface area contributed by atoms with Crippen molar-refractivity contribution in [3.05, 3.63) is 11.3 Å². The SMILES string of the molecule is COCCCOCCOc1c(CN)c(C)nn1C. The lowest BCUT2D eigenvalue weighted by atomic mass is 10.2. The number of hydrogen-bond acceptors (Lipinski definition) is 5. The van der Waals surface area contributed by atoms with Crippen LogP contribution in [0.25, 0.3) is 0 Å². The molecule has 0 saturated carbocycles. The van der Waals surface area contributed by atoms with Crippen LogP contribution in [0.2, 0.25) is 0 Å². The summed E-state index contributed by atoms with van der Waals surface area (Å²) in [5.74, 6) is 0.732. The Labute approximate surface area is 108 Å². The average molecular weight is 257 g/mol. The highest BCUT2D eigenvalue weighted by molar-refractivity contribution is 5.30. The molecule has 0 aliphatic rings. The Morgan fingerprint density at radius 3 is 2.67 bits per heavy atom. The minimum Gasteiger partial charge on any atom is -0.475 e. The predicted molar refractivity (Wildman–Crippen MR) is 68.6 cm³/mol. The molecule has 0 saturated heterocycles. The largest absolute Gasteiger partial charge is 0.475 e. The van der Waals surface area contributed by atoms with E-state index in [0.29, 0.717) is 26.4 Å². The van der Waals surface area contributed by atoms with Gasteiger partial charge in [-0.05, 0) is 13.3 Å². The molecular weight excluding hydrogens is 234 g/mol. The molecule has 6 nitrogen and oxygen atoms in total. The Morgan fingerprint density at radius 2 is 2.00 bits per heavy atom. The van der Waals surface area contributed by atoms with E-state index in [1.807, 2.05) is 14.0 Å². The Hall–Kier alpha value is -1.11. The number of ether oxygens (including phenoxy) is 3. The van der Waals surface area contributed by atoms with Crippen LogP contribution in [-0.2, 0) is 23.1 Å². The van der Waals surface area contributed by atoms with Crippen LogP contribution in [-0.4, -0.2) is 43.3 Å². The summed E-state index contributed by atoms with van der Waals surface area (Å²) >= 11 is 0. The molecule has 0 spiro atoms. The summed E-state index contributed by atoms with van der Waals surface area (Å²) in [7, 11) is 3.53. The van der Waals surface area contributed by atoms with Crippen molar-refractivity contribution in [2.45, 2.75) is 19.9 Å². The molecular formula is C12H23N3O3. The molecule has 0 bridgehead atoms. The van der Waals surface area contributed by atoms with Crippen LogP contribution in [0, 0.1) is 6.92 Å². The molecule has 1 aromatic rings. The molecule has 0 unspecified atom stereocenters. The molecule has 0 fully saturated rings. The summed E-state index contributed by atoms with van der Waals surface area (Å²) in [4.78, 5) is 0. The summed E-state index contributed by atoms with van der Waals surface area (Å²) in [6.45, 7) is 4.82. The van der Waals surface area contributed by atoms with Crippen LogP contribution in [0.5, 0.6) is 5.88 Å². The summed E-state index contributed by atoms with van der Waals surface area (Å²) in [6.07, 6.45) is 0.898. The van der Waals surface area contributed by atoms with Crippen molar-refractivity contribution < 1.29 is 14.2 Å². The van der Waals surface area contributed by atoms with Crippen LogP contribution in [0.1, 0.15) is 17.7 Å². The monoisotopic (exact) mass is 257 g/mol. The van der Waals surface area contributed by atoms with Crippen LogP contribution in [0.3, 0.4) is 0 Å². The summed E-state index contributed by atoms with van der Waals surface area (Å²) in [5.41, 5.74) is 7.54. The lowest BCUT2D eigenvalue weighted by Gasteiger charge is -2.08. The summed E-state index contributed by atoms with van der Waals surface area (Å²) in [6, 6.07) is 0. The molecule has 0 atom stereocenters. The number of nitrogens with two attached hydrogens (primary N) is 1.